The predicted molar refractivity (Wildman–Crippen MR) is 113 cm³/mol. The number of ether oxygens (including phenoxy) is 2. The molecule has 28 heavy (non-hydrogen) atoms. The molecule has 0 saturated heterocycles. The molecule has 150 valence electrons. The van der Waals surface area contributed by atoms with Crippen molar-refractivity contribution in [2.45, 2.75) is 33.6 Å². The third-order valence-corrected chi connectivity index (χ3v) is 4.85. The van der Waals surface area contributed by atoms with Crippen molar-refractivity contribution in [2.24, 2.45) is 0 Å². The molecule has 0 spiro atoms. The first-order chi connectivity index (χ1) is 13.4. The van der Waals surface area contributed by atoms with Gasteiger partial charge in [-0.3, -0.25) is 10.1 Å². The summed E-state index contributed by atoms with van der Waals surface area (Å²) in [6.45, 7) is 6.48. The lowest BCUT2D eigenvalue weighted by Crippen LogP contribution is -2.34. The van der Waals surface area contributed by atoms with Crippen molar-refractivity contribution in [1.82, 2.24) is 10.3 Å². The first kappa shape index (κ1) is 21.8. The van der Waals surface area contributed by atoms with Gasteiger partial charge in [0.15, 0.2) is 10.2 Å². The molecule has 1 aromatic carbocycles. The van der Waals surface area contributed by atoms with E-state index in [1.165, 1.54) is 0 Å². The molecule has 2 N–H and O–H groups in total. The van der Waals surface area contributed by atoms with Crippen LogP contribution < -0.4 is 15.4 Å². The molecule has 0 unspecified atom stereocenters. The predicted octanol–water partition coefficient (Wildman–Crippen LogP) is 3.93. The Kier molecular flexibility index (Phi) is 8.34. The fourth-order valence-electron chi connectivity index (χ4n) is 2.18. The van der Waals surface area contributed by atoms with Crippen LogP contribution in [0.3, 0.4) is 0 Å². The zero-order valence-electron chi connectivity index (χ0n) is 16.0. The lowest BCUT2D eigenvalue weighted by Gasteiger charge is -2.08. The Morgan fingerprint density at radius 2 is 1.93 bits per heavy atom. The number of nitrogens with one attached hydrogen (secondary N) is 2. The molecular weight excluding hydrogens is 398 g/mol. The number of hydrogen-bond donors (Lipinski definition) is 2. The van der Waals surface area contributed by atoms with E-state index in [0.717, 1.165) is 29.9 Å². The molecule has 0 aliphatic carbocycles. The highest BCUT2D eigenvalue weighted by molar-refractivity contribution is 7.80. The maximum atomic E-state index is 12.3. The van der Waals surface area contributed by atoms with E-state index < -0.39 is 5.97 Å². The van der Waals surface area contributed by atoms with E-state index in [-0.39, 0.29) is 17.6 Å². The molecule has 7 nitrogen and oxygen atoms in total. The van der Waals surface area contributed by atoms with Crippen LogP contribution in [0, 0.1) is 6.92 Å². The molecule has 1 heterocycles. The van der Waals surface area contributed by atoms with Crippen molar-refractivity contribution in [3.8, 4) is 5.75 Å². The highest BCUT2D eigenvalue weighted by Crippen LogP contribution is 2.23. The van der Waals surface area contributed by atoms with Gasteiger partial charge in [0.25, 0.3) is 5.91 Å². The number of esters is 1. The maximum absolute atomic E-state index is 12.3. The van der Waals surface area contributed by atoms with Crippen molar-refractivity contribution in [3.63, 3.8) is 0 Å². The summed E-state index contributed by atoms with van der Waals surface area (Å²) < 4.78 is 10.6. The third kappa shape index (κ3) is 6.28. The molecule has 9 heteroatoms. The summed E-state index contributed by atoms with van der Waals surface area (Å²) in [6, 6.07) is 6.84. The number of amides is 1. The number of rotatable bonds is 8. The topological polar surface area (TPSA) is 89.5 Å². The SMILES string of the molecule is CCCCOc1ccc(C(=O)NC(=S)Nc2nc(C)c(C(=O)OCC)s2)cc1. The van der Waals surface area contributed by atoms with Crippen molar-refractivity contribution >= 4 is 45.7 Å². The molecule has 0 bridgehead atoms. The second-order valence-electron chi connectivity index (χ2n) is 5.79. The van der Waals surface area contributed by atoms with Crippen LogP contribution in [0.15, 0.2) is 24.3 Å². The average molecular weight is 422 g/mol. The minimum atomic E-state index is -0.429. The first-order valence-electron chi connectivity index (χ1n) is 8.94. The second kappa shape index (κ2) is 10.7. The molecule has 0 aliphatic heterocycles. The Hall–Kier alpha value is -2.52. The zero-order valence-corrected chi connectivity index (χ0v) is 17.7. The van der Waals surface area contributed by atoms with E-state index in [0.29, 0.717) is 27.9 Å². The van der Waals surface area contributed by atoms with Crippen LogP contribution in [0.4, 0.5) is 5.13 Å². The number of aryl methyl sites for hydroxylation is 1. The van der Waals surface area contributed by atoms with Crippen LogP contribution in [0.2, 0.25) is 0 Å². The number of thiazole rings is 1. The van der Waals surface area contributed by atoms with Crippen molar-refractivity contribution in [1.29, 1.82) is 0 Å². The van der Waals surface area contributed by atoms with Gasteiger partial charge >= 0.3 is 5.97 Å². The van der Waals surface area contributed by atoms with Gasteiger partial charge in [-0.25, -0.2) is 9.78 Å². The van der Waals surface area contributed by atoms with Gasteiger partial charge in [-0.15, -0.1) is 0 Å². The van der Waals surface area contributed by atoms with Crippen LogP contribution in [0.5, 0.6) is 5.75 Å². The fraction of sp³-hybridized carbons (Fsp3) is 0.368. The summed E-state index contributed by atoms with van der Waals surface area (Å²) >= 11 is 6.28. The highest BCUT2D eigenvalue weighted by atomic mass is 32.1. The van der Waals surface area contributed by atoms with Crippen LogP contribution >= 0.6 is 23.6 Å². The van der Waals surface area contributed by atoms with Gasteiger partial charge in [-0.05, 0) is 56.8 Å². The number of benzene rings is 1. The maximum Gasteiger partial charge on any atom is 0.350 e. The lowest BCUT2D eigenvalue weighted by atomic mass is 10.2. The Labute approximate surface area is 173 Å². The number of carbonyl (C=O) groups excluding carboxylic acids is 2. The molecular formula is C19H23N3O4S2. The van der Waals surface area contributed by atoms with Gasteiger partial charge in [-0.1, -0.05) is 24.7 Å². The number of carbonyl (C=O) groups is 2. The van der Waals surface area contributed by atoms with E-state index >= 15 is 0 Å². The second-order valence-corrected chi connectivity index (χ2v) is 7.20. The molecule has 0 saturated carbocycles. The molecule has 2 rings (SSSR count). The van der Waals surface area contributed by atoms with Gasteiger partial charge in [0, 0.05) is 5.56 Å². The fourth-order valence-corrected chi connectivity index (χ4v) is 3.30. The summed E-state index contributed by atoms with van der Waals surface area (Å²) in [7, 11) is 0. The zero-order chi connectivity index (χ0) is 20.5. The van der Waals surface area contributed by atoms with Gasteiger partial charge < -0.3 is 14.8 Å². The minimum Gasteiger partial charge on any atom is -0.494 e. The highest BCUT2D eigenvalue weighted by Gasteiger charge is 2.17. The van der Waals surface area contributed by atoms with E-state index in [9.17, 15) is 9.59 Å². The molecule has 0 radical (unpaired) electrons. The number of nitrogens with zero attached hydrogens (tertiary/aromatic N) is 1. The van der Waals surface area contributed by atoms with Gasteiger partial charge in [0.2, 0.25) is 0 Å². The summed E-state index contributed by atoms with van der Waals surface area (Å²) in [5.74, 6) is -0.0614. The molecule has 0 atom stereocenters. The van der Waals surface area contributed by atoms with Crippen LogP contribution in [0.1, 0.15) is 52.4 Å². The smallest absolute Gasteiger partial charge is 0.350 e. The summed E-state index contributed by atoms with van der Waals surface area (Å²) in [5, 5.41) is 5.91. The monoisotopic (exact) mass is 421 g/mol. The summed E-state index contributed by atoms with van der Waals surface area (Å²) in [4.78, 5) is 28.8. The normalized spacial score (nSPS) is 10.2. The molecule has 1 aromatic heterocycles. The van der Waals surface area contributed by atoms with E-state index in [1.54, 1.807) is 38.1 Å². The third-order valence-electron chi connectivity index (χ3n) is 3.59. The number of aromatic nitrogens is 1. The van der Waals surface area contributed by atoms with Gasteiger partial charge in [0.1, 0.15) is 10.6 Å². The van der Waals surface area contributed by atoms with Crippen LogP contribution in [-0.2, 0) is 4.74 Å². The summed E-state index contributed by atoms with van der Waals surface area (Å²) in [5.41, 5.74) is 0.994. The van der Waals surface area contributed by atoms with Gasteiger partial charge in [0.05, 0.1) is 18.9 Å². The molecule has 0 fully saturated rings. The standard InChI is InChI=1S/C19H23N3O4S2/c1-4-6-11-26-14-9-7-13(8-10-14)16(23)21-18(27)22-19-20-12(3)15(28-19)17(24)25-5-2/h7-10H,4-6,11H2,1-3H3,(H2,20,21,22,23,27). The Morgan fingerprint density at radius 1 is 1.21 bits per heavy atom. The number of anilines is 1. The van der Waals surface area contributed by atoms with Crippen molar-refractivity contribution in [3.05, 3.63) is 40.4 Å². The van der Waals surface area contributed by atoms with Crippen LogP contribution in [0.25, 0.3) is 0 Å². The number of thiocarbonyl (C=S) groups is 1. The average Bonchev–Trinajstić information content (AvgIpc) is 3.02. The van der Waals surface area contributed by atoms with E-state index in [4.69, 9.17) is 21.7 Å². The lowest BCUT2D eigenvalue weighted by molar-refractivity contribution is 0.0531. The quantitative estimate of drug-likeness (QED) is 0.379. The molecule has 1 amide bonds. The number of unbranched alkanes of at least 4 members (excludes halogenated alkanes) is 1. The molecule has 2 aromatic rings. The number of hydrogen-bond acceptors (Lipinski definition) is 7. The van der Waals surface area contributed by atoms with Crippen molar-refractivity contribution < 1.29 is 19.1 Å². The Morgan fingerprint density at radius 3 is 2.57 bits per heavy atom. The van der Waals surface area contributed by atoms with Crippen LogP contribution in [-0.4, -0.2) is 35.2 Å². The van der Waals surface area contributed by atoms with E-state index in [1.807, 2.05) is 0 Å². The Balaban J connectivity index is 1.91. The summed E-state index contributed by atoms with van der Waals surface area (Å²) in [6.07, 6.45) is 2.04. The Bertz CT molecular complexity index is 834. The largest absolute Gasteiger partial charge is 0.494 e. The van der Waals surface area contributed by atoms with Gasteiger partial charge in [-0.2, -0.15) is 0 Å². The minimum absolute atomic E-state index is 0.0948. The first-order valence-corrected chi connectivity index (χ1v) is 10.2. The van der Waals surface area contributed by atoms with Crippen molar-refractivity contribution in [2.75, 3.05) is 18.5 Å². The van der Waals surface area contributed by atoms with E-state index in [2.05, 4.69) is 22.5 Å². The molecule has 0 aliphatic rings.